The first kappa shape index (κ1) is 16.4. The van der Waals surface area contributed by atoms with Crippen LogP contribution in [0, 0.1) is 0 Å². The van der Waals surface area contributed by atoms with Gasteiger partial charge in [0.15, 0.2) is 0 Å². The molecule has 18 heavy (non-hydrogen) atoms. The second kappa shape index (κ2) is 7.70. The molecule has 0 bridgehead atoms. The molecule has 100 valence electrons. The van der Waals surface area contributed by atoms with Gasteiger partial charge in [-0.25, -0.2) is 0 Å². The zero-order valence-corrected chi connectivity index (χ0v) is 12.5. The standard InChI is InChI=1S/C14H20N2.C2H6/c1-6-8-10-13-12(9-7-2)14(4,5)16-11(3)15-13;1-2/h6-10H,2H2,1,3-5H3,(H,15,16);1-2H3/b8-6-,12-9+,13-10+;. The van der Waals surface area contributed by atoms with Gasteiger partial charge in [-0.1, -0.05) is 44.7 Å². The Morgan fingerprint density at radius 1 is 1.22 bits per heavy atom. The van der Waals surface area contributed by atoms with Crippen LogP contribution in [0.15, 0.2) is 53.2 Å². The maximum absolute atomic E-state index is 4.60. The Balaban J connectivity index is 0.00000137. The summed E-state index contributed by atoms with van der Waals surface area (Å²) in [5.41, 5.74) is 2.05. The van der Waals surface area contributed by atoms with Gasteiger partial charge in [-0.15, -0.1) is 0 Å². The van der Waals surface area contributed by atoms with Gasteiger partial charge in [-0.05, 0) is 33.8 Å². The average molecular weight is 246 g/mol. The molecule has 0 saturated heterocycles. The molecule has 0 aromatic heterocycles. The Bertz CT molecular complexity index is 393. The van der Waals surface area contributed by atoms with Gasteiger partial charge in [-0.3, -0.25) is 4.99 Å². The smallest absolute Gasteiger partial charge is 0.0986 e. The fourth-order valence-corrected chi connectivity index (χ4v) is 1.83. The molecule has 1 N–H and O–H groups in total. The quantitative estimate of drug-likeness (QED) is 0.768. The van der Waals surface area contributed by atoms with Crippen molar-refractivity contribution in [3.05, 3.63) is 48.2 Å². The maximum atomic E-state index is 4.60. The molecular formula is C16H26N2. The Labute approximate surface area is 112 Å². The first-order chi connectivity index (χ1) is 8.51. The number of amidine groups is 1. The van der Waals surface area contributed by atoms with Crippen molar-refractivity contribution in [3.8, 4) is 0 Å². The number of hydrogen-bond acceptors (Lipinski definition) is 2. The number of rotatable bonds is 2. The molecule has 1 rings (SSSR count). The van der Waals surface area contributed by atoms with Crippen molar-refractivity contribution in [2.45, 2.75) is 47.1 Å². The second-order valence-electron chi connectivity index (χ2n) is 4.30. The molecule has 0 aromatic rings. The van der Waals surface area contributed by atoms with Crippen molar-refractivity contribution in [1.82, 2.24) is 5.32 Å². The normalized spacial score (nSPS) is 22.2. The lowest BCUT2D eigenvalue weighted by atomic mass is 9.89. The van der Waals surface area contributed by atoms with Crippen LogP contribution in [0.3, 0.4) is 0 Å². The monoisotopic (exact) mass is 246 g/mol. The molecule has 0 amide bonds. The van der Waals surface area contributed by atoms with E-state index in [0.29, 0.717) is 0 Å². The van der Waals surface area contributed by atoms with Crippen molar-refractivity contribution in [2.24, 2.45) is 4.99 Å². The summed E-state index contributed by atoms with van der Waals surface area (Å²) in [6, 6.07) is 0. The summed E-state index contributed by atoms with van der Waals surface area (Å²) < 4.78 is 0. The van der Waals surface area contributed by atoms with Gasteiger partial charge in [0.1, 0.15) is 0 Å². The molecule has 2 nitrogen and oxygen atoms in total. The van der Waals surface area contributed by atoms with Gasteiger partial charge in [0.25, 0.3) is 0 Å². The zero-order valence-electron chi connectivity index (χ0n) is 12.5. The Kier molecular flexibility index (Phi) is 7.03. The lowest BCUT2D eigenvalue weighted by Crippen LogP contribution is -2.37. The van der Waals surface area contributed by atoms with Crippen LogP contribution in [0.4, 0.5) is 0 Å². The van der Waals surface area contributed by atoms with Crippen LogP contribution >= 0.6 is 0 Å². The lowest BCUT2D eigenvalue weighted by Gasteiger charge is -2.32. The van der Waals surface area contributed by atoms with Crippen LogP contribution in [-0.2, 0) is 0 Å². The van der Waals surface area contributed by atoms with Crippen molar-refractivity contribution in [3.63, 3.8) is 0 Å². The van der Waals surface area contributed by atoms with E-state index >= 15 is 0 Å². The molecule has 0 unspecified atom stereocenters. The van der Waals surface area contributed by atoms with Crippen molar-refractivity contribution >= 4 is 5.84 Å². The minimum Gasteiger partial charge on any atom is -0.344 e. The summed E-state index contributed by atoms with van der Waals surface area (Å²) in [7, 11) is 0. The van der Waals surface area contributed by atoms with E-state index in [4.69, 9.17) is 0 Å². The van der Waals surface area contributed by atoms with Gasteiger partial charge in [-0.2, -0.15) is 0 Å². The third kappa shape index (κ3) is 4.36. The van der Waals surface area contributed by atoms with Crippen LogP contribution < -0.4 is 5.32 Å². The highest BCUT2D eigenvalue weighted by Crippen LogP contribution is 2.29. The highest BCUT2D eigenvalue weighted by atomic mass is 15.1. The molecule has 0 spiro atoms. The summed E-state index contributed by atoms with van der Waals surface area (Å²) in [6.07, 6.45) is 9.91. The van der Waals surface area contributed by atoms with Crippen LogP contribution in [0.2, 0.25) is 0 Å². The van der Waals surface area contributed by atoms with E-state index in [1.807, 2.05) is 45.9 Å². The average Bonchev–Trinajstić information content (AvgIpc) is 2.32. The topological polar surface area (TPSA) is 24.4 Å². The first-order valence-electron chi connectivity index (χ1n) is 6.51. The van der Waals surface area contributed by atoms with E-state index in [0.717, 1.165) is 17.1 Å². The number of nitrogens with zero attached hydrogens (tertiary/aromatic N) is 1. The predicted octanol–water partition coefficient (Wildman–Crippen LogP) is 4.39. The second-order valence-corrected chi connectivity index (χ2v) is 4.30. The highest BCUT2D eigenvalue weighted by molar-refractivity contribution is 5.85. The Hall–Kier alpha value is -1.57. The van der Waals surface area contributed by atoms with Gasteiger partial charge in [0, 0.05) is 11.3 Å². The molecule has 0 fully saturated rings. The van der Waals surface area contributed by atoms with Crippen LogP contribution in [0.5, 0.6) is 0 Å². The van der Waals surface area contributed by atoms with Crippen molar-refractivity contribution in [1.29, 1.82) is 0 Å². The fraction of sp³-hybridized carbons (Fsp3) is 0.438. The van der Waals surface area contributed by atoms with Gasteiger partial charge in [0.05, 0.1) is 11.4 Å². The summed E-state index contributed by atoms with van der Waals surface area (Å²) in [5, 5.41) is 3.29. The van der Waals surface area contributed by atoms with Crippen LogP contribution in [0.25, 0.3) is 0 Å². The van der Waals surface area contributed by atoms with Crippen molar-refractivity contribution in [2.75, 3.05) is 0 Å². The molecule has 0 radical (unpaired) electrons. The van der Waals surface area contributed by atoms with Crippen LogP contribution in [0.1, 0.15) is 41.5 Å². The zero-order chi connectivity index (χ0) is 14.2. The molecule has 0 aliphatic carbocycles. The molecule has 1 heterocycles. The van der Waals surface area contributed by atoms with E-state index in [2.05, 4.69) is 36.8 Å². The Morgan fingerprint density at radius 3 is 2.33 bits per heavy atom. The maximum Gasteiger partial charge on any atom is 0.0986 e. The van der Waals surface area contributed by atoms with Gasteiger partial charge >= 0.3 is 0 Å². The minimum atomic E-state index is -0.197. The SMILES string of the molecule is C=C\C=C1/C(=C\C=C/C)NC(C)=NC1(C)C.CC. The fourth-order valence-electron chi connectivity index (χ4n) is 1.83. The predicted molar refractivity (Wildman–Crippen MR) is 82.8 cm³/mol. The molecular weight excluding hydrogens is 220 g/mol. The van der Waals surface area contributed by atoms with E-state index in [-0.39, 0.29) is 5.54 Å². The summed E-state index contributed by atoms with van der Waals surface area (Å²) in [5.74, 6) is 0.946. The molecule has 0 aromatic carbocycles. The molecule has 1 aliphatic heterocycles. The van der Waals surface area contributed by atoms with Crippen molar-refractivity contribution < 1.29 is 0 Å². The van der Waals surface area contributed by atoms with E-state index in [1.165, 1.54) is 0 Å². The molecule has 2 heteroatoms. The number of nitrogens with one attached hydrogen (secondary N) is 1. The largest absolute Gasteiger partial charge is 0.344 e. The van der Waals surface area contributed by atoms with Gasteiger partial charge in [0.2, 0.25) is 0 Å². The lowest BCUT2D eigenvalue weighted by molar-refractivity contribution is 0.596. The van der Waals surface area contributed by atoms with Crippen LogP contribution in [-0.4, -0.2) is 11.4 Å². The van der Waals surface area contributed by atoms with E-state index in [1.54, 1.807) is 6.08 Å². The third-order valence-corrected chi connectivity index (χ3v) is 2.45. The van der Waals surface area contributed by atoms with E-state index in [9.17, 15) is 0 Å². The van der Waals surface area contributed by atoms with Gasteiger partial charge < -0.3 is 5.32 Å². The first-order valence-corrected chi connectivity index (χ1v) is 6.51. The summed E-state index contributed by atoms with van der Waals surface area (Å²) >= 11 is 0. The highest BCUT2D eigenvalue weighted by Gasteiger charge is 2.28. The number of aliphatic imine (C=N–C) groups is 1. The third-order valence-electron chi connectivity index (χ3n) is 2.45. The molecule has 0 saturated carbocycles. The molecule has 0 atom stereocenters. The number of hydrogen-bond donors (Lipinski definition) is 1. The minimum absolute atomic E-state index is 0.197. The summed E-state index contributed by atoms with van der Waals surface area (Å²) in [4.78, 5) is 4.60. The Morgan fingerprint density at radius 2 is 1.83 bits per heavy atom. The summed E-state index contributed by atoms with van der Waals surface area (Å²) in [6.45, 7) is 16.0. The van der Waals surface area contributed by atoms with E-state index < -0.39 is 0 Å². The number of allylic oxidation sites excluding steroid dienone is 5. The molecule has 1 aliphatic rings.